The maximum absolute atomic E-state index is 12.8. The Morgan fingerprint density at radius 2 is 1.86 bits per heavy atom. The fourth-order valence-corrected chi connectivity index (χ4v) is 4.00. The number of nitrogens with one attached hydrogen (secondary N) is 1. The van der Waals surface area contributed by atoms with E-state index in [2.05, 4.69) is 10.3 Å². The molecule has 0 bridgehead atoms. The summed E-state index contributed by atoms with van der Waals surface area (Å²) < 4.78 is 29.0. The topological polar surface area (TPSA) is 85.4 Å². The van der Waals surface area contributed by atoms with E-state index in [1.54, 1.807) is 53.8 Å². The van der Waals surface area contributed by atoms with Crippen LogP contribution in [-0.2, 0) is 16.4 Å². The van der Waals surface area contributed by atoms with Crippen LogP contribution in [0.5, 0.6) is 5.75 Å². The molecule has 0 saturated heterocycles. The Hall–Kier alpha value is -2.71. The third kappa shape index (κ3) is 5.42. The number of ether oxygens (including phenoxy) is 1. The van der Waals surface area contributed by atoms with E-state index in [0.29, 0.717) is 11.3 Å². The number of thiazole rings is 1. The minimum absolute atomic E-state index is 0.246. The van der Waals surface area contributed by atoms with Crippen molar-refractivity contribution in [3.05, 3.63) is 75.7 Å². The lowest BCUT2D eigenvalue weighted by Gasteiger charge is -2.16. The number of nitrogens with zero attached hydrogens (tertiary/aromatic N) is 1. The summed E-state index contributed by atoms with van der Waals surface area (Å²) in [6.45, 7) is 4.06. The number of carbonyl (C=O) groups is 1. The van der Waals surface area contributed by atoms with Crippen molar-refractivity contribution in [3.63, 3.8) is 0 Å². The minimum Gasteiger partial charge on any atom is -0.486 e. The Morgan fingerprint density at radius 1 is 1.17 bits per heavy atom. The number of carbonyl (C=O) groups excluding carboxylic acids is 1. The van der Waals surface area contributed by atoms with E-state index in [9.17, 15) is 13.2 Å². The molecule has 2 aromatic carbocycles. The molecule has 3 aromatic rings. The van der Waals surface area contributed by atoms with Crippen molar-refractivity contribution in [2.24, 2.45) is 0 Å². The number of hydrogen-bond donors (Lipinski definition) is 1. The summed E-state index contributed by atoms with van der Waals surface area (Å²) >= 11 is 1.55. The van der Waals surface area contributed by atoms with Crippen LogP contribution >= 0.6 is 11.3 Å². The summed E-state index contributed by atoms with van der Waals surface area (Å²) in [7, 11) is -3.25. The Morgan fingerprint density at radius 3 is 2.48 bits per heavy atom. The lowest BCUT2D eigenvalue weighted by Crippen LogP contribution is -2.27. The molecule has 1 heterocycles. The van der Waals surface area contributed by atoms with E-state index in [1.165, 1.54) is 0 Å². The van der Waals surface area contributed by atoms with E-state index in [0.717, 1.165) is 22.5 Å². The number of aryl methyl sites for hydroxylation is 1. The van der Waals surface area contributed by atoms with Crippen LogP contribution in [0.3, 0.4) is 0 Å². The van der Waals surface area contributed by atoms with Gasteiger partial charge in [0, 0.05) is 11.6 Å². The first-order valence-corrected chi connectivity index (χ1v) is 11.7. The number of benzene rings is 2. The fourth-order valence-electron chi connectivity index (χ4n) is 2.77. The summed E-state index contributed by atoms with van der Waals surface area (Å²) in [6, 6.07) is 13.2. The van der Waals surface area contributed by atoms with E-state index < -0.39 is 9.84 Å². The van der Waals surface area contributed by atoms with Gasteiger partial charge in [-0.2, -0.15) is 0 Å². The molecule has 0 aliphatic carbocycles. The van der Waals surface area contributed by atoms with Gasteiger partial charge < -0.3 is 10.1 Å². The second-order valence-corrected chi connectivity index (χ2v) is 9.76. The molecule has 1 unspecified atom stereocenters. The number of para-hydroxylation sites is 1. The monoisotopic (exact) mass is 430 g/mol. The summed E-state index contributed by atoms with van der Waals surface area (Å²) in [4.78, 5) is 17.4. The average Bonchev–Trinajstić information content (AvgIpc) is 3.11. The summed E-state index contributed by atoms with van der Waals surface area (Å²) in [6.07, 6.45) is 1.16. The van der Waals surface area contributed by atoms with Crippen LogP contribution in [0.25, 0.3) is 0 Å². The smallest absolute Gasteiger partial charge is 0.255 e. The molecule has 1 amide bonds. The SMILES string of the molecule is Cc1nc(COc2ccccc2C(=O)NC(C)c2ccc(S(C)(=O)=O)cc2)cs1. The summed E-state index contributed by atoms with van der Waals surface area (Å²) in [5, 5.41) is 5.83. The zero-order valence-electron chi connectivity index (χ0n) is 16.4. The number of sulfone groups is 1. The van der Waals surface area contributed by atoms with Crippen molar-refractivity contribution in [1.29, 1.82) is 0 Å². The molecule has 1 atom stereocenters. The van der Waals surface area contributed by atoms with Gasteiger partial charge in [0.15, 0.2) is 9.84 Å². The number of hydrogen-bond acceptors (Lipinski definition) is 6. The first-order valence-electron chi connectivity index (χ1n) is 8.98. The Balaban J connectivity index is 1.70. The second-order valence-electron chi connectivity index (χ2n) is 6.68. The van der Waals surface area contributed by atoms with Crippen molar-refractivity contribution in [3.8, 4) is 5.75 Å². The zero-order chi connectivity index (χ0) is 21.0. The Bertz CT molecular complexity index is 1110. The molecule has 0 spiro atoms. The van der Waals surface area contributed by atoms with Gasteiger partial charge in [-0.25, -0.2) is 13.4 Å². The van der Waals surface area contributed by atoms with E-state index in [-0.39, 0.29) is 23.5 Å². The lowest BCUT2D eigenvalue weighted by molar-refractivity contribution is 0.0935. The highest BCUT2D eigenvalue weighted by Gasteiger charge is 2.16. The third-order valence-electron chi connectivity index (χ3n) is 4.33. The molecular weight excluding hydrogens is 408 g/mol. The van der Waals surface area contributed by atoms with E-state index >= 15 is 0 Å². The van der Waals surface area contributed by atoms with Crippen molar-refractivity contribution >= 4 is 27.1 Å². The normalized spacial score (nSPS) is 12.4. The zero-order valence-corrected chi connectivity index (χ0v) is 18.0. The van der Waals surface area contributed by atoms with E-state index in [1.807, 2.05) is 25.3 Å². The molecular formula is C21H22N2O4S2. The molecule has 0 aliphatic heterocycles. The van der Waals surface area contributed by atoms with Gasteiger partial charge in [0.05, 0.1) is 27.2 Å². The fraction of sp³-hybridized carbons (Fsp3) is 0.238. The standard InChI is InChI=1S/C21H22N2O4S2/c1-14(16-8-10-18(11-9-16)29(3,25)26)22-21(24)19-6-4-5-7-20(19)27-12-17-13-28-15(2)23-17/h4-11,13-14H,12H2,1-3H3,(H,22,24). The molecule has 8 heteroatoms. The molecule has 0 aliphatic rings. The first kappa shape index (κ1) is 21.0. The maximum Gasteiger partial charge on any atom is 0.255 e. The molecule has 1 N–H and O–H groups in total. The highest BCUT2D eigenvalue weighted by molar-refractivity contribution is 7.90. The van der Waals surface area contributed by atoms with Crippen molar-refractivity contribution in [1.82, 2.24) is 10.3 Å². The van der Waals surface area contributed by atoms with Gasteiger partial charge in [-0.15, -0.1) is 11.3 Å². The van der Waals surface area contributed by atoms with E-state index in [4.69, 9.17) is 4.74 Å². The van der Waals surface area contributed by atoms with Crippen LogP contribution < -0.4 is 10.1 Å². The second kappa shape index (κ2) is 8.75. The van der Waals surface area contributed by atoms with Gasteiger partial charge in [-0.1, -0.05) is 24.3 Å². The summed E-state index contributed by atoms with van der Waals surface area (Å²) in [5.41, 5.74) is 2.06. The van der Waals surface area contributed by atoms with Crippen LogP contribution in [0, 0.1) is 6.92 Å². The Labute approximate surface area is 174 Å². The quantitative estimate of drug-likeness (QED) is 0.614. The number of rotatable bonds is 7. The van der Waals surface area contributed by atoms with Gasteiger partial charge in [0.2, 0.25) is 0 Å². The Kier molecular flexibility index (Phi) is 6.34. The van der Waals surface area contributed by atoms with Crippen LogP contribution in [0.15, 0.2) is 58.8 Å². The molecule has 0 saturated carbocycles. The molecule has 152 valence electrons. The van der Waals surface area contributed by atoms with Gasteiger partial charge in [0.25, 0.3) is 5.91 Å². The predicted molar refractivity (Wildman–Crippen MR) is 113 cm³/mol. The maximum atomic E-state index is 12.8. The lowest BCUT2D eigenvalue weighted by atomic mass is 10.1. The van der Waals surface area contributed by atoms with Crippen molar-refractivity contribution in [2.75, 3.05) is 6.26 Å². The van der Waals surface area contributed by atoms with Gasteiger partial charge in [-0.05, 0) is 43.7 Å². The first-order chi connectivity index (χ1) is 13.7. The van der Waals surface area contributed by atoms with Gasteiger partial charge >= 0.3 is 0 Å². The third-order valence-corrected chi connectivity index (χ3v) is 6.28. The molecule has 6 nitrogen and oxygen atoms in total. The number of aromatic nitrogens is 1. The van der Waals surface area contributed by atoms with Gasteiger partial charge in [0.1, 0.15) is 12.4 Å². The number of amides is 1. The molecule has 0 fully saturated rings. The highest BCUT2D eigenvalue weighted by Crippen LogP contribution is 2.22. The summed E-state index contributed by atoms with van der Waals surface area (Å²) in [5.74, 6) is 0.213. The molecule has 1 aromatic heterocycles. The van der Waals surface area contributed by atoms with Crippen molar-refractivity contribution in [2.45, 2.75) is 31.4 Å². The van der Waals surface area contributed by atoms with Crippen LogP contribution in [-0.4, -0.2) is 25.6 Å². The van der Waals surface area contributed by atoms with Crippen LogP contribution in [0.4, 0.5) is 0 Å². The molecule has 29 heavy (non-hydrogen) atoms. The predicted octanol–water partition coefficient (Wildman–Crippen LogP) is 3.93. The average molecular weight is 431 g/mol. The van der Waals surface area contributed by atoms with Gasteiger partial charge in [-0.3, -0.25) is 4.79 Å². The van der Waals surface area contributed by atoms with Crippen LogP contribution in [0.2, 0.25) is 0 Å². The van der Waals surface area contributed by atoms with Crippen LogP contribution in [0.1, 0.15) is 39.6 Å². The molecule has 3 rings (SSSR count). The van der Waals surface area contributed by atoms with Crippen molar-refractivity contribution < 1.29 is 17.9 Å². The largest absolute Gasteiger partial charge is 0.486 e. The molecule has 0 radical (unpaired) electrons. The minimum atomic E-state index is -3.25. The highest BCUT2D eigenvalue weighted by atomic mass is 32.2.